The molecule has 0 aliphatic heterocycles. The van der Waals surface area contributed by atoms with Crippen molar-refractivity contribution in [3.05, 3.63) is 101 Å². The van der Waals surface area contributed by atoms with Gasteiger partial charge in [-0.05, 0) is 53.1 Å². The van der Waals surface area contributed by atoms with Crippen molar-refractivity contribution in [3.8, 4) is 5.75 Å². The molecule has 0 radical (unpaired) electrons. The summed E-state index contributed by atoms with van der Waals surface area (Å²) >= 11 is 6.29. The molecule has 0 heterocycles. The molecule has 1 atom stereocenters. The third kappa shape index (κ3) is 8.09. The van der Waals surface area contributed by atoms with Gasteiger partial charge in [0.05, 0.1) is 0 Å². The molecule has 1 N–H and O–H groups in total. The summed E-state index contributed by atoms with van der Waals surface area (Å²) in [6, 6.07) is 24.5. The molecule has 1 fully saturated rings. The molecule has 0 unspecified atom stereocenters. The highest BCUT2D eigenvalue weighted by Gasteiger charge is 2.32. The Labute approximate surface area is 237 Å². The lowest BCUT2D eigenvalue weighted by molar-refractivity contribution is -0.143. The van der Waals surface area contributed by atoms with Crippen molar-refractivity contribution >= 4 is 23.4 Å². The summed E-state index contributed by atoms with van der Waals surface area (Å²) in [5.74, 6) is 0.300. The fourth-order valence-corrected chi connectivity index (χ4v) is 5.40. The Morgan fingerprint density at radius 1 is 0.949 bits per heavy atom. The Hall–Kier alpha value is -3.31. The van der Waals surface area contributed by atoms with Gasteiger partial charge in [0.25, 0.3) is 5.91 Å². The van der Waals surface area contributed by atoms with E-state index >= 15 is 0 Å². The van der Waals surface area contributed by atoms with Crippen LogP contribution in [0.3, 0.4) is 0 Å². The van der Waals surface area contributed by atoms with E-state index in [1.807, 2.05) is 72.8 Å². The number of carbonyl (C=O) groups excluding carboxylic acids is 2. The van der Waals surface area contributed by atoms with Gasteiger partial charge in [0.15, 0.2) is 6.61 Å². The van der Waals surface area contributed by atoms with Gasteiger partial charge in [-0.3, -0.25) is 9.59 Å². The second-order valence-corrected chi connectivity index (χ2v) is 11.8. The highest BCUT2D eigenvalue weighted by molar-refractivity contribution is 6.30. The number of rotatable bonds is 10. The van der Waals surface area contributed by atoms with Gasteiger partial charge in [-0.25, -0.2) is 0 Å². The Morgan fingerprint density at radius 2 is 1.62 bits per heavy atom. The van der Waals surface area contributed by atoms with E-state index in [4.69, 9.17) is 16.3 Å². The standard InChI is InChI=1S/C33H39ClN2O3/c1-33(2,3)28-18-9-10-19-30(28)39-23-31(37)36(22-25-14-11-15-26(34)20-25)29(21-24-12-5-4-6-13-24)32(38)35-27-16-7-8-17-27/h4-6,9-15,18-20,27,29H,7-8,16-17,21-23H2,1-3H3,(H,35,38)/t29-/m1/s1. The van der Waals surface area contributed by atoms with E-state index in [1.54, 1.807) is 11.0 Å². The van der Waals surface area contributed by atoms with Crippen LogP contribution < -0.4 is 10.1 Å². The minimum Gasteiger partial charge on any atom is -0.483 e. The van der Waals surface area contributed by atoms with Crippen LogP contribution in [-0.4, -0.2) is 35.4 Å². The third-order valence-electron chi connectivity index (χ3n) is 7.26. The zero-order valence-electron chi connectivity index (χ0n) is 23.2. The summed E-state index contributed by atoms with van der Waals surface area (Å²) in [6.07, 6.45) is 4.57. The normalized spacial score (nSPS) is 14.6. The zero-order valence-corrected chi connectivity index (χ0v) is 23.9. The Bertz CT molecular complexity index is 1250. The molecule has 0 saturated heterocycles. The number of ether oxygens (including phenoxy) is 1. The first-order chi connectivity index (χ1) is 18.7. The summed E-state index contributed by atoms with van der Waals surface area (Å²) in [5.41, 5.74) is 2.74. The zero-order chi connectivity index (χ0) is 27.8. The van der Waals surface area contributed by atoms with Gasteiger partial charge in [-0.1, -0.05) is 106 Å². The van der Waals surface area contributed by atoms with E-state index in [2.05, 4.69) is 26.1 Å². The van der Waals surface area contributed by atoms with Crippen LogP contribution in [0.2, 0.25) is 5.02 Å². The number of amides is 2. The van der Waals surface area contributed by atoms with Gasteiger partial charge in [0.2, 0.25) is 5.91 Å². The molecule has 4 rings (SSSR count). The first-order valence-corrected chi connectivity index (χ1v) is 14.2. The number of para-hydroxylation sites is 1. The van der Waals surface area contributed by atoms with Gasteiger partial charge < -0.3 is 15.0 Å². The van der Waals surface area contributed by atoms with Crippen molar-refractivity contribution in [1.29, 1.82) is 0 Å². The Balaban J connectivity index is 1.64. The number of carbonyl (C=O) groups is 2. The lowest BCUT2D eigenvalue weighted by atomic mass is 9.86. The average Bonchev–Trinajstić information content (AvgIpc) is 3.42. The van der Waals surface area contributed by atoms with Gasteiger partial charge in [0.1, 0.15) is 11.8 Å². The molecule has 1 aliphatic carbocycles. The van der Waals surface area contributed by atoms with Gasteiger partial charge >= 0.3 is 0 Å². The van der Waals surface area contributed by atoms with Crippen molar-refractivity contribution in [2.75, 3.05) is 6.61 Å². The third-order valence-corrected chi connectivity index (χ3v) is 7.50. The van der Waals surface area contributed by atoms with E-state index in [0.29, 0.717) is 17.2 Å². The van der Waals surface area contributed by atoms with Crippen molar-refractivity contribution in [2.45, 2.75) is 76.9 Å². The van der Waals surface area contributed by atoms with Gasteiger partial charge in [-0.2, -0.15) is 0 Å². The maximum Gasteiger partial charge on any atom is 0.261 e. The predicted octanol–water partition coefficient (Wildman–Crippen LogP) is 6.72. The SMILES string of the molecule is CC(C)(C)c1ccccc1OCC(=O)N(Cc1cccc(Cl)c1)[C@H](Cc1ccccc1)C(=O)NC1CCCC1. The maximum absolute atomic E-state index is 13.9. The van der Waals surface area contributed by atoms with Crippen LogP contribution in [0, 0.1) is 0 Å². The number of nitrogens with zero attached hydrogens (tertiary/aromatic N) is 1. The quantitative estimate of drug-likeness (QED) is 0.307. The molecule has 0 spiro atoms. The van der Waals surface area contributed by atoms with Crippen molar-refractivity contribution in [2.24, 2.45) is 0 Å². The lowest BCUT2D eigenvalue weighted by Gasteiger charge is -2.32. The number of hydrogen-bond acceptors (Lipinski definition) is 3. The molecule has 6 heteroatoms. The fraction of sp³-hybridized carbons (Fsp3) is 0.394. The summed E-state index contributed by atoms with van der Waals surface area (Å²) in [5, 5.41) is 3.82. The van der Waals surface area contributed by atoms with E-state index < -0.39 is 6.04 Å². The average molecular weight is 547 g/mol. The lowest BCUT2D eigenvalue weighted by Crippen LogP contribution is -2.53. The first kappa shape index (κ1) is 28.7. The summed E-state index contributed by atoms with van der Waals surface area (Å²) in [6.45, 7) is 6.43. The van der Waals surface area contributed by atoms with E-state index in [9.17, 15) is 9.59 Å². The topological polar surface area (TPSA) is 58.6 Å². The van der Waals surface area contributed by atoms with Crippen LogP contribution >= 0.6 is 11.6 Å². The van der Waals surface area contributed by atoms with Crippen LogP contribution in [0.1, 0.15) is 63.1 Å². The minimum absolute atomic E-state index is 0.128. The monoisotopic (exact) mass is 546 g/mol. The van der Waals surface area contributed by atoms with Crippen molar-refractivity contribution in [3.63, 3.8) is 0 Å². The molecule has 3 aromatic carbocycles. The largest absolute Gasteiger partial charge is 0.483 e. The van der Waals surface area contributed by atoms with Gasteiger partial charge in [-0.15, -0.1) is 0 Å². The molecule has 0 aromatic heterocycles. The summed E-state index contributed by atoms with van der Waals surface area (Å²) in [7, 11) is 0. The van der Waals surface area contributed by atoms with Crippen LogP contribution in [0.25, 0.3) is 0 Å². The van der Waals surface area contributed by atoms with Crippen molar-refractivity contribution in [1.82, 2.24) is 10.2 Å². The Kier molecular flexibility index (Phi) is 9.68. The maximum atomic E-state index is 13.9. The molecule has 0 bridgehead atoms. The second-order valence-electron chi connectivity index (χ2n) is 11.4. The van der Waals surface area contributed by atoms with E-state index in [0.717, 1.165) is 42.4 Å². The number of nitrogens with one attached hydrogen (secondary N) is 1. The van der Waals surface area contributed by atoms with Crippen molar-refractivity contribution < 1.29 is 14.3 Å². The van der Waals surface area contributed by atoms with Crippen LogP contribution in [0.5, 0.6) is 5.75 Å². The molecule has 2 amide bonds. The molecule has 1 aliphatic rings. The molecule has 5 nitrogen and oxygen atoms in total. The van der Waals surface area contributed by atoms with E-state index in [-0.39, 0.29) is 36.4 Å². The van der Waals surface area contributed by atoms with Gasteiger partial charge in [0, 0.05) is 24.0 Å². The van der Waals surface area contributed by atoms with Crippen LogP contribution in [-0.2, 0) is 28.0 Å². The first-order valence-electron chi connectivity index (χ1n) is 13.8. The number of benzene rings is 3. The van der Waals surface area contributed by atoms with Crippen LogP contribution in [0.4, 0.5) is 0 Å². The van der Waals surface area contributed by atoms with Crippen LogP contribution in [0.15, 0.2) is 78.9 Å². The predicted molar refractivity (Wildman–Crippen MR) is 157 cm³/mol. The fourth-order valence-electron chi connectivity index (χ4n) is 5.19. The molecule has 39 heavy (non-hydrogen) atoms. The molecular weight excluding hydrogens is 508 g/mol. The number of halogens is 1. The van der Waals surface area contributed by atoms with E-state index in [1.165, 1.54) is 0 Å². The molecule has 206 valence electrons. The minimum atomic E-state index is -0.694. The molecular formula is C33H39ClN2O3. The summed E-state index contributed by atoms with van der Waals surface area (Å²) in [4.78, 5) is 29.4. The number of hydrogen-bond donors (Lipinski definition) is 1. The molecule has 3 aromatic rings. The summed E-state index contributed by atoms with van der Waals surface area (Å²) < 4.78 is 6.13. The molecule has 1 saturated carbocycles. The smallest absolute Gasteiger partial charge is 0.261 e. The highest BCUT2D eigenvalue weighted by Crippen LogP contribution is 2.31. The second kappa shape index (κ2) is 13.2. The Morgan fingerprint density at radius 3 is 2.31 bits per heavy atom. The highest BCUT2D eigenvalue weighted by atomic mass is 35.5.